The molecule has 4 heteroatoms. The highest BCUT2D eigenvalue weighted by Crippen LogP contribution is 2.19. The van der Waals surface area contributed by atoms with Gasteiger partial charge in [0, 0.05) is 23.7 Å². The predicted molar refractivity (Wildman–Crippen MR) is 77.5 cm³/mol. The van der Waals surface area contributed by atoms with Gasteiger partial charge in [-0.25, -0.2) is 13.2 Å². The molecule has 0 spiro atoms. The molecule has 0 aromatic heterocycles. The molecular weight excluding hydrogens is 275 g/mol. The largest absolute Gasteiger partial charge is 0.307 e. The Morgan fingerprint density at radius 3 is 2.14 bits per heavy atom. The molecule has 2 unspecified atom stereocenters. The van der Waals surface area contributed by atoms with Crippen LogP contribution in [-0.2, 0) is 6.42 Å². The fourth-order valence-corrected chi connectivity index (χ4v) is 2.40. The Kier molecular flexibility index (Phi) is 5.02. The van der Waals surface area contributed by atoms with Gasteiger partial charge >= 0.3 is 0 Å². The Labute approximate surface area is 122 Å². The molecule has 0 radical (unpaired) electrons. The first kappa shape index (κ1) is 15.6. The molecule has 0 amide bonds. The maximum Gasteiger partial charge on any atom is 0.130 e. The first-order valence-electron chi connectivity index (χ1n) is 6.91. The minimum Gasteiger partial charge on any atom is -0.307 e. The molecule has 2 aromatic carbocycles. The van der Waals surface area contributed by atoms with Crippen molar-refractivity contribution in [2.45, 2.75) is 32.4 Å². The first-order valence-corrected chi connectivity index (χ1v) is 6.91. The molecule has 0 aliphatic carbocycles. The lowest BCUT2D eigenvalue weighted by atomic mass is 10.0. The van der Waals surface area contributed by atoms with Gasteiger partial charge in [-0.3, -0.25) is 0 Å². The second kappa shape index (κ2) is 6.76. The second-order valence-electron chi connectivity index (χ2n) is 5.29. The zero-order valence-corrected chi connectivity index (χ0v) is 12.0. The van der Waals surface area contributed by atoms with E-state index in [1.807, 2.05) is 13.8 Å². The zero-order valence-electron chi connectivity index (χ0n) is 12.0. The van der Waals surface area contributed by atoms with E-state index in [0.29, 0.717) is 12.0 Å². The first-order chi connectivity index (χ1) is 9.95. The van der Waals surface area contributed by atoms with Crippen molar-refractivity contribution in [1.82, 2.24) is 5.32 Å². The van der Waals surface area contributed by atoms with Gasteiger partial charge in [-0.15, -0.1) is 0 Å². The molecule has 112 valence electrons. The van der Waals surface area contributed by atoms with Crippen LogP contribution in [0.5, 0.6) is 0 Å². The summed E-state index contributed by atoms with van der Waals surface area (Å²) in [5, 5.41) is 3.26. The minimum atomic E-state index is -0.581. The number of halogens is 3. The highest BCUT2D eigenvalue weighted by atomic mass is 19.1. The van der Waals surface area contributed by atoms with Gasteiger partial charge in [-0.2, -0.15) is 0 Å². The smallest absolute Gasteiger partial charge is 0.130 e. The Morgan fingerprint density at radius 2 is 1.52 bits per heavy atom. The molecule has 1 nitrogen and oxygen atoms in total. The summed E-state index contributed by atoms with van der Waals surface area (Å²) in [7, 11) is 0. The number of hydrogen-bond donors (Lipinski definition) is 1. The van der Waals surface area contributed by atoms with E-state index >= 15 is 0 Å². The minimum absolute atomic E-state index is 0.0786. The summed E-state index contributed by atoms with van der Waals surface area (Å²) < 4.78 is 39.4. The van der Waals surface area contributed by atoms with Gasteiger partial charge < -0.3 is 5.32 Å². The standard InChI is InChI=1S/C17H18F3N/c1-11(9-13-3-5-14(18)6-4-13)21-12(2)16-8-7-15(19)10-17(16)20/h3-8,10-12,21H,9H2,1-2H3. The van der Waals surface area contributed by atoms with Crippen molar-refractivity contribution in [1.29, 1.82) is 0 Å². The molecule has 0 aliphatic heterocycles. The van der Waals surface area contributed by atoms with Gasteiger partial charge in [-0.1, -0.05) is 18.2 Å². The third kappa shape index (κ3) is 4.33. The zero-order chi connectivity index (χ0) is 15.4. The summed E-state index contributed by atoms with van der Waals surface area (Å²) in [4.78, 5) is 0. The normalized spacial score (nSPS) is 14.0. The van der Waals surface area contributed by atoms with Crippen molar-refractivity contribution in [2.24, 2.45) is 0 Å². The molecule has 21 heavy (non-hydrogen) atoms. The Bertz CT molecular complexity index is 595. The van der Waals surface area contributed by atoms with E-state index in [2.05, 4.69) is 5.32 Å². The van der Waals surface area contributed by atoms with Gasteiger partial charge in [0.2, 0.25) is 0 Å². The summed E-state index contributed by atoms with van der Waals surface area (Å²) in [5.74, 6) is -1.40. The lowest BCUT2D eigenvalue weighted by molar-refractivity contribution is 0.458. The molecule has 2 rings (SSSR count). The molecule has 1 N–H and O–H groups in total. The summed E-state index contributed by atoms with van der Waals surface area (Å²) in [6.07, 6.45) is 0.702. The summed E-state index contributed by atoms with van der Waals surface area (Å²) >= 11 is 0. The lowest BCUT2D eigenvalue weighted by Crippen LogP contribution is -2.31. The number of nitrogens with one attached hydrogen (secondary N) is 1. The number of benzene rings is 2. The third-order valence-electron chi connectivity index (χ3n) is 3.42. The Morgan fingerprint density at radius 1 is 0.905 bits per heavy atom. The molecule has 0 bridgehead atoms. The SMILES string of the molecule is CC(Cc1ccc(F)cc1)NC(C)c1ccc(F)cc1F. The van der Waals surface area contributed by atoms with Crippen molar-refractivity contribution in [2.75, 3.05) is 0 Å². The van der Waals surface area contributed by atoms with E-state index in [-0.39, 0.29) is 17.9 Å². The molecule has 0 aliphatic rings. The van der Waals surface area contributed by atoms with E-state index in [1.54, 1.807) is 12.1 Å². The number of hydrogen-bond acceptors (Lipinski definition) is 1. The second-order valence-corrected chi connectivity index (χ2v) is 5.29. The lowest BCUT2D eigenvalue weighted by Gasteiger charge is -2.21. The Hall–Kier alpha value is -1.81. The molecule has 0 saturated carbocycles. The van der Waals surface area contributed by atoms with E-state index in [4.69, 9.17) is 0 Å². The number of rotatable bonds is 5. The van der Waals surface area contributed by atoms with Crippen LogP contribution in [0, 0.1) is 17.5 Å². The molecule has 2 atom stereocenters. The summed E-state index contributed by atoms with van der Waals surface area (Å²) in [5.41, 5.74) is 1.44. The van der Waals surface area contributed by atoms with E-state index in [9.17, 15) is 13.2 Å². The molecule has 2 aromatic rings. The van der Waals surface area contributed by atoms with Crippen molar-refractivity contribution < 1.29 is 13.2 Å². The third-order valence-corrected chi connectivity index (χ3v) is 3.42. The van der Waals surface area contributed by atoms with E-state index in [1.165, 1.54) is 24.3 Å². The highest BCUT2D eigenvalue weighted by Gasteiger charge is 2.14. The highest BCUT2D eigenvalue weighted by molar-refractivity contribution is 5.22. The van der Waals surface area contributed by atoms with E-state index in [0.717, 1.165) is 11.6 Å². The molecular formula is C17H18F3N. The van der Waals surface area contributed by atoms with E-state index < -0.39 is 11.6 Å². The summed E-state index contributed by atoms with van der Waals surface area (Å²) in [6.45, 7) is 3.80. The van der Waals surface area contributed by atoms with Crippen LogP contribution in [0.1, 0.15) is 31.0 Å². The van der Waals surface area contributed by atoms with Gasteiger partial charge in [0.15, 0.2) is 0 Å². The summed E-state index contributed by atoms with van der Waals surface area (Å²) in [6, 6.07) is 9.74. The van der Waals surface area contributed by atoms with Crippen LogP contribution in [0.2, 0.25) is 0 Å². The van der Waals surface area contributed by atoms with Crippen molar-refractivity contribution in [3.63, 3.8) is 0 Å². The molecule has 0 heterocycles. The predicted octanol–water partition coefficient (Wildman–Crippen LogP) is 4.39. The van der Waals surface area contributed by atoms with Crippen LogP contribution in [0.3, 0.4) is 0 Å². The van der Waals surface area contributed by atoms with Gasteiger partial charge in [0.05, 0.1) is 0 Å². The topological polar surface area (TPSA) is 12.0 Å². The van der Waals surface area contributed by atoms with Crippen molar-refractivity contribution in [3.05, 3.63) is 71.0 Å². The van der Waals surface area contributed by atoms with Crippen LogP contribution in [-0.4, -0.2) is 6.04 Å². The fourth-order valence-electron chi connectivity index (χ4n) is 2.40. The average molecular weight is 293 g/mol. The maximum absolute atomic E-state index is 13.7. The van der Waals surface area contributed by atoms with Crippen molar-refractivity contribution >= 4 is 0 Å². The van der Waals surface area contributed by atoms with Crippen LogP contribution in [0.25, 0.3) is 0 Å². The maximum atomic E-state index is 13.7. The van der Waals surface area contributed by atoms with Gasteiger partial charge in [-0.05, 0) is 44.0 Å². The van der Waals surface area contributed by atoms with Crippen LogP contribution in [0.4, 0.5) is 13.2 Å². The quantitative estimate of drug-likeness (QED) is 0.862. The molecule has 0 saturated heterocycles. The fraction of sp³-hybridized carbons (Fsp3) is 0.294. The van der Waals surface area contributed by atoms with Crippen LogP contribution < -0.4 is 5.32 Å². The van der Waals surface area contributed by atoms with Gasteiger partial charge in [0.25, 0.3) is 0 Å². The Balaban J connectivity index is 1.98. The molecule has 0 fully saturated rings. The van der Waals surface area contributed by atoms with Crippen molar-refractivity contribution in [3.8, 4) is 0 Å². The monoisotopic (exact) mass is 293 g/mol. The average Bonchev–Trinajstić information content (AvgIpc) is 2.41. The van der Waals surface area contributed by atoms with Gasteiger partial charge in [0.1, 0.15) is 17.5 Å². The van der Waals surface area contributed by atoms with Crippen LogP contribution >= 0.6 is 0 Å². The van der Waals surface area contributed by atoms with Crippen LogP contribution in [0.15, 0.2) is 42.5 Å².